The van der Waals surface area contributed by atoms with E-state index in [2.05, 4.69) is 20.4 Å². The molecule has 0 aromatic heterocycles. The molecule has 0 saturated heterocycles. The number of halogens is 2. The third-order valence-electron chi connectivity index (χ3n) is 3.20. The van der Waals surface area contributed by atoms with Crippen molar-refractivity contribution >= 4 is 5.96 Å². The third kappa shape index (κ3) is 8.53. The molecule has 0 aliphatic heterocycles. The molecule has 142 valence electrons. The van der Waals surface area contributed by atoms with Gasteiger partial charge in [0.2, 0.25) is 0 Å². The number of nitrogens with zero attached hydrogens (tertiary/aromatic N) is 1. The average molecular weight is 359 g/mol. The molecule has 1 aromatic carbocycles. The predicted octanol–water partition coefficient (Wildman–Crippen LogP) is 2.78. The highest BCUT2D eigenvalue weighted by Gasteiger charge is 2.11. The number of benzene rings is 1. The maximum absolute atomic E-state index is 12.5. The topological polar surface area (TPSA) is 64.1 Å². The number of hydrogen-bond donors (Lipinski definition) is 2. The summed E-state index contributed by atoms with van der Waals surface area (Å²) in [6.07, 6.45) is 0.844. The molecule has 0 aliphatic rings. The summed E-state index contributed by atoms with van der Waals surface area (Å²) >= 11 is 0. The second-order valence-corrected chi connectivity index (χ2v) is 5.02. The first kappa shape index (κ1) is 21.0. The Morgan fingerprint density at radius 2 is 2.04 bits per heavy atom. The minimum absolute atomic E-state index is 0.0896. The van der Waals surface area contributed by atoms with E-state index in [0.29, 0.717) is 43.6 Å². The van der Waals surface area contributed by atoms with E-state index in [0.717, 1.165) is 6.42 Å². The van der Waals surface area contributed by atoms with Crippen molar-refractivity contribution in [3.63, 3.8) is 0 Å². The van der Waals surface area contributed by atoms with Crippen LogP contribution in [0.2, 0.25) is 0 Å². The molecule has 0 heterocycles. The van der Waals surface area contributed by atoms with E-state index in [1.807, 2.05) is 13.8 Å². The molecule has 0 atom stereocenters. The Labute approximate surface area is 147 Å². The maximum atomic E-state index is 12.5. The number of aliphatic imine (C=N–C) groups is 1. The second-order valence-electron chi connectivity index (χ2n) is 5.02. The summed E-state index contributed by atoms with van der Waals surface area (Å²) in [4.78, 5) is 4.42. The summed E-state index contributed by atoms with van der Waals surface area (Å²) in [5.41, 5.74) is 0.520. The zero-order valence-corrected chi connectivity index (χ0v) is 15.0. The van der Waals surface area contributed by atoms with E-state index in [-0.39, 0.29) is 12.3 Å². The van der Waals surface area contributed by atoms with Gasteiger partial charge >= 0.3 is 6.61 Å². The van der Waals surface area contributed by atoms with Gasteiger partial charge in [0.1, 0.15) is 11.5 Å². The van der Waals surface area contributed by atoms with E-state index in [1.54, 1.807) is 12.1 Å². The predicted molar refractivity (Wildman–Crippen MR) is 93.6 cm³/mol. The van der Waals surface area contributed by atoms with Crippen LogP contribution in [0.1, 0.15) is 25.8 Å². The Hall–Kier alpha value is -2.09. The number of alkyl halides is 2. The lowest BCUT2D eigenvalue weighted by atomic mass is 10.2. The average Bonchev–Trinajstić information content (AvgIpc) is 2.59. The van der Waals surface area contributed by atoms with Crippen LogP contribution in [-0.2, 0) is 11.3 Å². The van der Waals surface area contributed by atoms with Crippen molar-refractivity contribution in [3.8, 4) is 11.5 Å². The Kier molecular flexibility index (Phi) is 10.3. The summed E-state index contributed by atoms with van der Waals surface area (Å²) in [5, 5.41) is 6.29. The van der Waals surface area contributed by atoms with E-state index < -0.39 is 6.61 Å². The van der Waals surface area contributed by atoms with Gasteiger partial charge in [-0.1, -0.05) is 0 Å². The molecule has 0 radical (unpaired) electrons. The molecule has 0 saturated carbocycles. The van der Waals surface area contributed by atoms with Crippen LogP contribution < -0.4 is 20.1 Å². The van der Waals surface area contributed by atoms with Gasteiger partial charge in [-0.2, -0.15) is 8.78 Å². The Balaban J connectivity index is 2.75. The summed E-state index contributed by atoms with van der Waals surface area (Å²) < 4.78 is 40.1. The van der Waals surface area contributed by atoms with Crippen molar-refractivity contribution in [2.45, 2.75) is 33.4 Å². The maximum Gasteiger partial charge on any atom is 0.387 e. The number of ether oxygens (including phenoxy) is 3. The van der Waals surface area contributed by atoms with Crippen molar-refractivity contribution in [1.29, 1.82) is 0 Å². The number of nitrogens with one attached hydrogen (secondary N) is 2. The van der Waals surface area contributed by atoms with Gasteiger partial charge < -0.3 is 24.8 Å². The lowest BCUT2D eigenvalue weighted by Crippen LogP contribution is -2.38. The molecule has 0 fully saturated rings. The molecule has 0 aliphatic carbocycles. The van der Waals surface area contributed by atoms with Crippen LogP contribution in [-0.4, -0.2) is 46.0 Å². The molecule has 1 rings (SSSR count). The normalized spacial score (nSPS) is 11.5. The molecular formula is C17H27F2N3O3. The van der Waals surface area contributed by atoms with E-state index in [1.165, 1.54) is 13.2 Å². The van der Waals surface area contributed by atoms with Gasteiger partial charge in [-0.05, 0) is 38.5 Å². The molecule has 6 nitrogen and oxygen atoms in total. The molecule has 0 amide bonds. The number of guanidine groups is 1. The summed E-state index contributed by atoms with van der Waals surface area (Å²) in [5.74, 6) is 1.25. The van der Waals surface area contributed by atoms with Crippen molar-refractivity contribution in [3.05, 3.63) is 23.8 Å². The molecule has 0 spiro atoms. The smallest absolute Gasteiger partial charge is 0.387 e. The Bertz CT molecular complexity index is 528. The highest BCUT2D eigenvalue weighted by Crippen LogP contribution is 2.26. The van der Waals surface area contributed by atoms with Gasteiger partial charge in [-0.25, -0.2) is 4.99 Å². The lowest BCUT2D eigenvalue weighted by molar-refractivity contribution is -0.0504. The van der Waals surface area contributed by atoms with Crippen LogP contribution in [0.3, 0.4) is 0 Å². The van der Waals surface area contributed by atoms with Crippen LogP contribution in [0, 0.1) is 0 Å². The molecule has 1 aromatic rings. The summed E-state index contributed by atoms with van der Waals surface area (Å²) in [6, 6.07) is 4.67. The highest BCUT2D eigenvalue weighted by molar-refractivity contribution is 5.79. The van der Waals surface area contributed by atoms with Crippen LogP contribution in [0.5, 0.6) is 11.5 Å². The fourth-order valence-electron chi connectivity index (χ4n) is 2.05. The quantitative estimate of drug-likeness (QED) is 0.361. The molecular weight excluding hydrogens is 332 g/mol. The van der Waals surface area contributed by atoms with Crippen molar-refractivity contribution in [2.24, 2.45) is 4.99 Å². The SMILES string of the molecule is CCNC(=NCc1cc(OC)ccc1OC(F)F)NCCCOCC. The number of methoxy groups -OCH3 is 1. The Morgan fingerprint density at radius 1 is 1.24 bits per heavy atom. The third-order valence-corrected chi connectivity index (χ3v) is 3.20. The van der Waals surface area contributed by atoms with Gasteiger partial charge in [-0.3, -0.25) is 0 Å². The standard InChI is InChI=1S/C17H27F2N3O3/c1-4-20-17(21-9-6-10-24-5-2)22-12-13-11-14(23-3)7-8-15(13)25-16(18)19/h7-8,11,16H,4-6,9-10,12H2,1-3H3,(H2,20,21,22). The molecule has 25 heavy (non-hydrogen) atoms. The van der Waals surface area contributed by atoms with Crippen LogP contribution >= 0.6 is 0 Å². The lowest BCUT2D eigenvalue weighted by Gasteiger charge is -2.13. The van der Waals surface area contributed by atoms with Gasteiger partial charge in [0.15, 0.2) is 5.96 Å². The van der Waals surface area contributed by atoms with Gasteiger partial charge in [0.25, 0.3) is 0 Å². The van der Waals surface area contributed by atoms with E-state index in [4.69, 9.17) is 9.47 Å². The molecule has 8 heteroatoms. The van der Waals surface area contributed by atoms with Crippen molar-refractivity contribution in [2.75, 3.05) is 33.4 Å². The van der Waals surface area contributed by atoms with Crippen molar-refractivity contribution < 1.29 is 23.0 Å². The van der Waals surface area contributed by atoms with Gasteiger partial charge in [0, 0.05) is 31.9 Å². The molecule has 0 bridgehead atoms. The summed E-state index contributed by atoms with van der Waals surface area (Å²) in [6.45, 7) is 3.95. The molecule has 2 N–H and O–H groups in total. The van der Waals surface area contributed by atoms with Crippen LogP contribution in [0.25, 0.3) is 0 Å². The van der Waals surface area contributed by atoms with E-state index >= 15 is 0 Å². The minimum atomic E-state index is -2.89. The minimum Gasteiger partial charge on any atom is -0.497 e. The van der Waals surface area contributed by atoms with Crippen LogP contribution in [0.4, 0.5) is 8.78 Å². The van der Waals surface area contributed by atoms with Crippen molar-refractivity contribution in [1.82, 2.24) is 10.6 Å². The second kappa shape index (κ2) is 12.3. The Morgan fingerprint density at radius 3 is 2.68 bits per heavy atom. The monoisotopic (exact) mass is 359 g/mol. The van der Waals surface area contributed by atoms with E-state index in [9.17, 15) is 8.78 Å². The van der Waals surface area contributed by atoms with Crippen LogP contribution in [0.15, 0.2) is 23.2 Å². The first-order valence-electron chi connectivity index (χ1n) is 8.32. The highest BCUT2D eigenvalue weighted by atomic mass is 19.3. The first-order chi connectivity index (χ1) is 12.1. The molecule has 0 unspecified atom stereocenters. The fraction of sp³-hybridized carbons (Fsp3) is 0.588. The van der Waals surface area contributed by atoms with Gasteiger partial charge in [-0.15, -0.1) is 0 Å². The number of rotatable bonds is 11. The largest absolute Gasteiger partial charge is 0.497 e. The fourth-order valence-corrected chi connectivity index (χ4v) is 2.05. The van der Waals surface area contributed by atoms with Gasteiger partial charge in [0.05, 0.1) is 13.7 Å². The zero-order chi connectivity index (χ0) is 18.5. The first-order valence-corrected chi connectivity index (χ1v) is 8.32. The summed E-state index contributed by atoms with van der Waals surface area (Å²) in [7, 11) is 1.51. The number of hydrogen-bond acceptors (Lipinski definition) is 4. The zero-order valence-electron chi connectivity index (χ0n) is 15.0.